The molecule has 9 heteroatoms. The number of nitrogens with zero attached hydrogens (tertiary/aromatic N) is 2. The first-order valence-electron chi connectivity index (χ1n) is 8.54. The van der Waals surface area contributed by atoms with Crippen molar-refractivity contribution in [2.45, 2.75) is 30.6 Å². The van der Waals surface area contributed by atoms with Crippen LogP contribution >= 0.6 is 47.1 Å². The quantitative estimate of drug-likeness (QED) is 0.164. The summed E-state index contributed by atoms with van der Waals surface area (Å²) >= 11 is 3.41. The van der Waals surface area contributed by atoms with Gasteiger partial charge in [-0.1, -0.05) is 17.8 Å². The number of halogens is 2. The molecule has 2 aromatic rings. The lowest BCUT2D eigenvalue weighted by atomic mass is 10.1. The van der Waals surface area contributed by atoms with Crippen LogP contribution < -0.4 is 15.4 Å². The minimum Gasteiger partial charge on any atom is -0.494 e. The molecule has 0 bridgehead atoms. The third kappa shape index (κ3) is 8.22. The zero-order valence-corrected chi connectivity index (χ0v) is 19.7. The van der Waals surface area contributed by atoms with Crippen LogP contribution in [-0.4, -0.2) is 36.9 Å². The molecule has 1 aromatic heterocycles. The number of rotatable bonds is 9. The minimum atomic E-state index is -0.361. The lowest BCUT2D eigenvalue weighted by Crippen LogP contribution is -2.38. The van der Waals surface area contributed by atoms with Gasteiger partial charge < -0.3 is 15.4 Å². The molecular formula is C18H26FIN4OS2. The summed E-state index contributed by atoms with van der Waals surface area (Å²) in [4.78, 5) is 8.85. The lowest BCUT2D eigenvalue weighted by Gasteiger charge is -2.18. The summed E-state index contributed by atoms with van der Waals surface area (Å²) in [7, 11) is 1.46. The number of aromatic nitrogens is 1. The maximum atomic E-state index is 13.9. The average Bonchev–Trinajstić information content (AvgIpc) is 3.14. The van der Waals surface area contributed by atoms with Gasteiger partial charge in [0.25, 0.3) is 0 Å². The fourth-order valence-electron chi connectivity index (χ4n) is 2.26. The monoisotopic (exact) mass is 524 g/mol. The molecule has 0 aliphatic carbocycles. The molecule has 1 heterocycles. The molecule has 2 rings (SSSR count). The first-order chi connectivity index (χ1) is 12.6. The molecule has 1 unspecified atom stereocenters. The highest BCUT2D eigenvalue weighted by atomic mass is 127. The summed E-state index contributed by atoms with van der Waals surface area (Å²) in [5.74, 6) is 1.60. The van der Waals surface area contributed by atoms with E-state index in [9.17, 15) is 4.39 Å². The highest BCUT2D eigenvalue weighted by Gasteiger charge is 2.11. The van der Waals surface area contributed by atoms with Gasteiger partial charge in [-0.15, -0.1) is 35.3 Å². The number of ether oxygens (including phenoxy) is 1. The molecule has 0 fully saturated rings. The molecule has 1 aromatic carbocycles. The number of guanidine groups is 1. The number of benzene rings is 1. The Kier molecular flexibility index (Phi) is 11.7. The van der Waals surface area contributed by atoms with Crippen LogP contribution in [0.25, 0.3) is 0 Å². The van der Waals surface area contributed by atoms with E-state index >= 15 is 0 Å². The van der Waals surface area contributed by atoms with E-state index in [2.05, 4.69) is 20.6 Å². The Hall–Kier alpha value is -1.07. The zero-order valence-electron chi connectivity index (χ0n) is 15.7. The Balaban J connectivity index is 0.00000364. The second-order valence-corrected chi connectivity index (χ2v) is 7.76. The normalized spacial score (nSPS) is 12.2. The summed E-state index contributed by atoms with van der Waals surface area (Å²) in [5.41, 5.74) is 0.841. The van der Waals surface area contributed by atoms with Crippen molar-refractivity contribution in [1.29, 1.82) is 0 Å². The zero-order chi connectivity index (χ0) is 18.8. The molecule has 5 nitrogen and oxygen atoms in total. The topological polar surface area (TPSA) is 58.5 Å². The number of thioether (sulfide) groups is 1. The van der Waals surface area contributed by atoms with E-state index in [-0.39, 0.29) is 41.6 Å². The lowest BCUT2D eigenvalue weighted by molar-refractivity contribution is 0.386. The van der Waals surface area contributed by atoms with Crippen molar-refractivity contribution >= 4 is 53.0 Å². The first-order valence-corrected chi connectivity index (χ1v) is 10.4. The first kappa shape index (κ1) is 24.0. The van der Waals surface area contributed by atoms with E-state index in [0.29, 0.717) is 0 Å². The summed E-state index contributed by atoms with van der Waals surface area (Å²) in [6, 6.07) is 4.92. The van der Waals surface area contributed by atoms with Crippen molar-refractivity contribution in [1.82, 2.24) is 15.6 Å². The molecule has 2 N–H and O–H groups in total. The highest BCUT2D eigenvalue weighted by molar-refractivity contribution is 14.0. The smallest absolute Gasteiger partial charge is 0.191 e. The van der Waals surface area contributed by atoms with Gasteiger partial charge >= 0.3 is 0 Å². The molecule has 0 aliphatic rings. The molecule has 1 atom stereocenters. The van der Waals surface area contributed by atoms with Crippen LogP contribution in [0.1, 0.15) is 31.9 Å². The van der Waals surface area contributed by atoms with Gasteiger partial charge in [0.2, 0.25) is 0 Å². The van der Waals surface area contributed by atoms with Crippen molar-refractivity contribution in [3.05, 3.63) is 41.2 Å². The number of aliphatic imine (C=N–C) groups is 1. The molecule has 0 radical (unpaired) electrons. The van der Waals surface area contributed by atoms with Gasteiger partial charge in [-0.25, -0.2) is 9.37 Å². The number of methoxy groups -OCH3 is 1. The summed E-state index contributed by atoms with van der Waals surface area (Å²) in [5, 5.41) is 8.53. The van der Waals surface area contributed by atoms with Crippen molar-refractivity contribution in [3.63, 3.8) is 0 Å². The van der Waals surface area contributed by atoms with Gasteiger partial charge in [0.05, 0.1) is 13.2 Å². The van der Waals surface area contributed by atoms with Crippen LogP contribution in [0.4, 0.5) is 4.39 Å². The van der Waals surface area contributed by atoms with E-state index in [0.717, 1.165) is 41.1 Å². The maximum absolute atomic E-state index is 13.9. The molecule has 0 spiro atoms. The fourth-order valence-corrected chi connectivity index (χ4v) is 3.89. The number of thiazole rings is 1. The largest absolute Gasteiger partial charge is 0.494 e. The van der Waals surface area contributed by atoms with Crippen molar-refractivity contribution in [3.8, 4) is 5.75 Å². The van der Waals surface area contributed by atoms with Gasteiger partial charge in [-0.05, 0) is 38.0 Å². The van der Waals surface area contributed by atoms with E-state index in [1.54, 1.807) is 29.2 Å². The molecular weight excluding hydrogens is 498 g/mol. The van der Waals surface area contributed by atoms with Crippen molar-refractivity contribution < 1.29 is 9.13 Å². The summed E-state index contributed by atoms with van der Waals surface area (Å²) in [6.07, 6.45) is 2.79. The standard InChI is InChI=1S/C18H25FN4OS2.HI/c1-4-20-17(21-8-5-10-25-18-22-9-11-26-18)23-13(2)14-6-7-16(24-3)15(19)12-14;/h6-7,9,11-13H,4-5,8,10H2,1-3H3,(H2,20,21,23);1H. The van der Waals surface area contributed by atoms with Crippen LogP contribution in [0, 0.1) is 5.82 Å². The molecule has 0 saturated heterocycles. The Bertz CT molecular complexity index is 701. The third-order valence-electron chi connectivity index (χ3n) is 3.58. The SMILES string of the molecule is CCNC(=NCCCSc1nccs1)NC(C)c1ccc(OC)c(F)c1.I. The highest BCUT2D eigenvalue weighted by Crippen LogP contribution is 2.22. The second kappa shape index (κ2) is 13.2. The number of hydrogen-bond acceptors (Lipinski definition) is 5. The molecule has 150 valence electrons. The van der Waals surface area contributed by atoms with Gasteiger partial charge in [0.15, 0.2) is 17.5 Å². The maximum Gasteiger partial charge on any atom is 0.191 e. The average molecular weight is 524 g/mol. The van der Waals surface area contributed by atoms with E-state index in [4.69, 9.17) is 4.74 Å². The molecule has 0 aliphatic heterocycles. The van der Waals surface area contributed by atoms with Crippen LogP contribution in [0.15, 0.2) is 39.1 Å². The predicted molar refractivity (Wildman–Crippen MR) is 123 cm³/mol. The number of hydrogen-bond donors (Lipinski definition) is 2. The minimum absolute atomic E-state index is 0. The Morgan fingerprint density at radius 3 is 2.89 bits per heavy atom. The Labute approximate surface area is 185 Å². The van der Waals surface area contributed by atoms with Crippen LogP contribution in [0.2, 0.25) is 0 Å². The number of nitrogens with one attached hydrogen (secondary N) is 2. The van der Waals surface area contributed by atoms with Crippen LogP contribution in [-0.2, 0) is 0 Å². The Morgan fingerprint density at radius 1 is 1.44 bits per heavy atom. The molecule has 0 amide bonds. The summed E-state index contributed by atoms with van der Waals surface area (Å²) in [6.45, 7) is 5.49. The van der Waals surface area contributed by atoms with Crippen molar-refractivity contribution in [2.75, 3.05) is 26.0 Å². The van der Waals surface area contributed by atoms with Gasteiger partial charge in [-0.2, -0.15) is 0 Å². The summed E-state index contributed by atoms with van der Waals surface area (Å²) < 4.78 is 20.0. The van der Waals surface area contributed by atoms with Gasteiger partial charge in [0, 0.05) is 30.4 Å². The predicted octanol–water partition coefficient (Wildman–Crippen LogP) is 4.71. The van der Waals surface area contributed by atoms with E-state index in [1.807, 2.05) is 31.5 Å². The molecule has 0 saturated carbocycles. The third-order valence-corrected chi connectivity index (χ3v) is 5.63. The van der Waals surface area contributed by atoms with E-state index < -0.39 is 0 Å². The fraction of sp³-hybridized carbons (Fsp3) is 0.444. The van der Waals surface area contributed by atoms with E-state index in [1.165, 1.54) is 13.2 Å². The van der Waals surface area contributed by atoms with Crippen molar-refractivity contribution in [2.24, 2.45) is 4.99 Å². The van der Waals surface area contributed by atoms with Crippen LogP contribution in [0.3, 0.4) is 0 Å². The van der Waals surface area contributed by atoms with Gasteiger partial charge in [-0.3, -0.25) is 4.99 Å². The second-order valence-electron chi connectivity index (χ2n) is 5.52. The van der Waals surface area contributed by atoms with Gasteiger partial charge in [0.1, 0.15) is 4.34 Å². The molecule has 27 heavy (non-hydrogen) atoms. The van der Waals surface area contributed by atoms with Crippen LogP contribution in [0.5, 0.6) is 5.75 Å². The Morgan fingerprint density at radius 2 is 2.26 bits per heavy atom.